The molecule has 160 valence electrons. The van der Waals surface area contributed by atoms with E-state index in [9.17, 15) is 14.7 Å². The Labute approximate surface area is 199 Å². The van der Waals surface area contributed by atoms with E-state index in [1.54, 1.807) is 42.5 Å². The van der Waals surface area contributed by atoms with E-state index in [2.05, 4.69) is 53.1 Å². The summed E-state index contributed by atoms with van der Waals surface area (Å²) in [6.45, 7) is 1.88. The summed E-state index contributed by atoms with van der Waals surface area (Å²) in [5.74, 6) is -1.24. The molecule has 3 N–H and O–H groups in total. The summed E-state index contributed by atoms with van der Waals surface area (Å²) < 4.78 is 7.75. The highest BCUT2D eigenvalue weighted by atomic mass is 79.9. The summed E-state index contributed by atoms with van der Waals surface area (Å²) in [6.07, 6.45) is 2.24. The predicted molar refractivity (Wildman–Crippen MR) is 126 cm³/mol. The Morgan fingerprint density at radius 2 is 1.80 bits per heavy atom. The highest BCUT2D eigenvalue weighted by Crippen LogP contribution is 2.40. The molecule has 0 aliphatic carbocycles. The standard InChI is InChI=1S/C21H20Br3NO5/c1-12(4-2-3-5-18(26)27)20(16-10-14(23)11-17(24)19(16)28)30-21(29)25-15-8-6-13(22)7-9-15/h3,5-12,20,28H,2,4H2,1H3,(H,25,29)(H,26,27)/b5-3+/t12-,20-/m0/s1. The van der Waals surface area contributed by atoms with Crippen LogP contribution in [0.3, 0.4) is 0 Å². The summed E-state index contributed by atoms with van der Waals surface area (Å²) in [4.78, 5) is 23.2. The van der Waals surface area contributed by atoms with E-state index in [0.29, 0.717) is 33.0 Å². The lowest BCUT2D eigenvalue weighted by molar-refractivity contribution is -0.131. The molecule has 0 fully saturated rings. The lowest BCUT2D eigenvalue weighted by Gasteiger charge is -2.26. The summed E-state index contributed by atoms with van der Waals surface area (Å²) >= 11 is 10.0. The molecule has 0 saturated carbocycles. The van der Waals surface area contributed by atoms with E-state index in [-0.39, 0.29) is 11.7 Å². The Hall–Kier alpha value is -1.84. The molecule has 0 radical (unpaired) electrons. The normalized spacial score (nSPS) is 13.1. The number of amides is 1. The zero-order valence-electron chi connectivity index (χ0n) is 15.9. The molecule has 0 saturated heterocycles. The van der Waals surface area contributed by atoms with Crippen molar-refractivity contribution < 1.29 is 24.5 Å². The Morgan fingerprint density at radius 1 is 1.13 bits per heavy atom. The maximum atomic E-state index is 12.5. The molecule has 6 nitrogen and oxygen atoms in total. The number of carboxylic acid groups (broad SMARTS) is 1. The van der Waals surface area contributed by atoms with Gasteiger partial charge < -0.3 is 14.9 Å². The highest BCUT2D eigenvalue weighted by molar-refractivity contribution is 9.11. The molecule has 2 rings (SSSR count). The van der Waals surface area contributed by atoms with Crippen molar-refractivity contribution in [2.75, 3.05) is 5.32 Å². The molecule has 0 aliphatic heterocycles. The Balaban J connectivity index is 2.23. The number of aromatic hydroxyl groups is 1. The Bertz CT molecular complexity index is 931. The number of benzene rings is 2. The van der Waals surface area contributed by atoms with Gasteiger partial charge in [-0.1, -0.05) is 44.9 Å². The van der Waals surface area contributed by atoms with E-state index < -0.39 is 18.2 Å². The van der Waals surface area contributed by atoms with Crippen molar-refractivity contribution in [2.24, 2.45) is 5.92 Å². The van der Waals surface area contributed by atoms with Crippen molar-refractivity contribution in [1.29, 1.82) is 0 Å². The van der Waals surface area contributed by atoms with Crippen molar-refractivity contribution in [2.45, 2.75) is 25.9 Å². The van der Waals surface area contributed by atoms with Crippen LogP contribution in [0.15, 0.2) is 62.0 Å². The Kier molecular flexibility index (Phi) is 9.38. The molecule has 2 atom stereocenters. The lowest BCUT2D eigenvalue weighted by Crippen LogP contribution is -2.22. The number of phenols is 1. The van der Waals surface area contributed by atoms with Crippen LogP contribution < -0.4 is 5.32 Å². The van der Waals surface area contributed by atoms with Crippen molar-refractivity contribution in [3.8, 4) is 5.75 Å². The average Bonchev–Trinajstić information content (AvgIpc) is 2.68. The van der Waals surface area contributed by atoms with Crippen LogP contribution in [0.5, 0.6) is 5.75 Å². The minimum atomic E-state index is -1.02. The third-order valence-electron chi connectivity index (χ3n) is 4.25. The first-order valence-electron chi connectivity index (χ1n) is 8.98. The van der Waals surface area contributed by atoms with Crippen LogP contribution in [0.4, 0.5) is 10.5 Å². The SMILES string of the molecule is C[C@@H](CC/C=C/C(=O)O)[C@H](OC(=O)Nc1ccc(Br)cc1)c1cc(Br)cc(Br)c1O. The smallest absolute Gasteiger partial charge is 0.412 e. The zero-order valence-corrected chi connectivity index (χ0v) is 20.7. The molecular formula is C21H20Br3NO5. The van der Waals surface area contributed by atoms with Crippen LogP contribution in [-0.4, -0.2) is 22.3 Å². The van der Waals surface area contributed by atoms with E-state index in [1.807, 2.05) is 6.92 Å². The van der Waals surface area contributed by atoms with Crippen LogP contribution in [0.1, 0.15) is 31.4 Å². The number of carboxylic acids is 1. The monoisotopic (exact) mass is 603 g/mol. The fourth-order valence-electron chi connectivity index (χ4n) is 2.78. The number of aliphatic carboxylic acids is 1. The number of hydrogen-bond donors (Lipinski definition) is 3. The second-order valence-electron chi connectivity index (χ2n) is 6.58. The van der Waals surface area contributed by atoms with Gasteiger partial charge in [0.1, 0.15) is 11.9 Å². The summed E-state index contributed by atoms with van der Waals surface area (Å²) in [5.41, 5.74) is 1.01. The van der Waals surface area contributed by atoms with Gasteiger partial charge in [-0.15, -0.1) is 0 Å². The molecule has 0 heterocycles. The van der Waals surface area contributed by atoms with Crippen molar-refractivity contribution in [3.63, 3.8) is 0 Å². The summed E-state index contributed by atoms with van der Waals surface area (Å²) in [6, 6.07) is 10.4. The molecule has 0 aliphatic rings. The molecule has 1 amide bonds. The number of ether oxygens (including phenoxy) is 1. The number of carbonyl (C=O) groups is 2. The van der Waals surface area contributed by atoms with E-state index in [1.165, 1.54) is 0 Å². The molecule has 0 unspecified atom stereocenters. The van der Waals surface area contributed by atoms with Crippen LogP contribution in [-0.2, 0) is 9.53 Å². The van der Waals surface area contributed by atoms with Gasteiger partial charge in [-0.25, -0.2) is 9.59 Å². The number of nitrogens with one attached hydrogen (secondary N) is 1. The first-order chi connectivity index (χ1) is 14.2. The quantitative estimate of drug-likeness (QED) is 0.281. The van der Waals surface area contributed by atoms with E-state index >= 15 is 0 Å². The van der Waals surface area contributed by atoms with Gasteiger partial charge in [0.15, 0.2) is 0 Å². The van der Waals surface area contributed by atoms with Gasteiger partial charge in [-0.2, -0.15) is 0 Å². The van der Waals surface area contributed by atoms with Crippen LogP contribution in [0.25, 0.3) is 0 Å². The molecule has 0 aromatic heterocycles. The van der Waals surface area contributed by atoms with Gasteiger partial charge in [0, 0.05) is 26.3 Å². The fraction of sp³-hybridized carbons (Fsp3) is 0.238. The van der Waals surface area contributed by atoms with Gasteiger partial charge in [0.2, 0.25) is 0 Å². The second kappa shape index (κ2) is 11.5. The van der Waals surface area contributed by atoms with Crippen LogP contribution >= 0.6 is 47.8 Å². The van der Waals surface area contributed by atoms with E-state index in [4.69, 9.17) is 9.84 Å². The van der Waals surface area contributed by atoms with E-state index in [0.717, 1.165) is 10.5 Å². The van der Waals surface area contributed by atoms with Crippen molar-refractivity contribution >= 4 is 65.5 Å². The van der Waals surface area contributed by atoms with Gasteiger partial charge >= 0.3 is 12.1 Å². The van der Waals surface area contributed by atoms with Gasteiger partial charge in [-0.05, 0) is 71.1 Å². The molecule has 2 aromatic carbocycles. The molecular weight excluding hydrogens is 586 g/mol. The van der Waals surface area contributed by atoms with Crippen LogP contribution in [0.2, 0.25) is 0 Å². The topological polar surface area (TPSA) is 95.9 Å². The number of hydrogen-bond acceptors (Lipinski definition) is 4. The minimum absolute atomic E-state index is 0.0208. The predicted octanol–water partition coefficient (Wildman–Crippen LogP) is 7.03. The highest BCUT2D eigenvalue weighted by Gasteiger charge is 2.27. The van der Waals surface area contributed by atoms with Crippen LogP contribution in [0, 0.1) is 5.92 Å². The minimum Gasteiger partial charge on any atom is -0.506 e. The first-order valence-corrected chi connectivity index (χ1v) is 11.4. The molecule has 9 heteroatoms. The number of allylic oxidation sites excluding steroid dienone is 1. The molecule has 30 heavy (non-hydrogen) atoms. The van der Waals surface area contributed by atoms with Gasteiger partial charge in [0.05, 0.1) is 4.47 Å². The maximum absolute atomic E-state index is 12.5. The zero-order chi connectivity index (χ0) is 22.3. The average molecular weight is 606 g/mol. The first kappa shape index (κ1) is 24.4. The largest absolute Gasteiger partial charge is 0.506 e. The van der Waals surface area contributed by atoms with Gasteiger partial charge in [0.25, 0.3) is 0 Å². The fourth-order valence-corrected chi connectivity index (χ4v) is 4.30. The second-order valence-corrected chi connectivity index (χ2v) is 9.26. The number of phenolic OH excluding ortho intramolecular Hbond substituents is 1. The molecule has 0 spiro atoms. The molecule has 0 bridgehead atoms. The van der Waals surface area contributed by atoms with Crippen molar-refractivity contribution in [3.05, 3.63) is 67.5 Å². The van der Waals surface area contributed by atoms with Gasteiger partial charge in [-0.3, -0.25) is 5.32 Å². The summed E-state index contributed by atoms with van der Waals surface area (Å²) in [7, 11) is 0. The number of halogens is 3. The third-order valence-corrected chi connectivity index (χ3v) is 5.85. The maximum Gasteiger partial charge on any atom is 0.412 e. The van der Waals surface area contributed by atoms with Crippen molar-refractivity contribution in [1.82, 2.24) is 0 Å². The number of carbonyl (C=O) groups excluding carboxylic acids is 1. The number of rotatable bonds is 8. The Morgan fingerprint density at radius 3 is 2.43 bits per heavy atom. The number of anilines is 1. The molecule has 2 aromatic rings. The lowest BCUT2D eigenvalue weighted by atomic mass is 9.92. The third kappa shape index (κ3) is 7.45. The summed E-state index contributed by atoms with van der Waals surface area (Å²) in [5, 5.41) is 21.9.